The van der Waals surface area contributed by atoms with Crippen molar-refractivity contribution in [3.8, 4) is 0 Å². The Balaban J connectivity index is 2.57. The van der Waals surface area contributed by atoms with Crippen molar-refractivity contribution in [3.05, 3.63) is 0 Å². The number of carbonyl (C=O) groups excluding carboxylic acids is 1. The average Bonchev–Trinajstić information content (AvgIpc) is 2.38. The molecule has 1 unspecified atom stereocenters. The highest BCUT2D eigenvalue weighted by atomic mass is 16.4. The Morgan fingerprint density at radius 3 is 2.67 bits per heavy atom. The molecule has 0 radical (unpaired) electrons. The molecule has 1 fully saturated rings. The first-order valence-corrected chi connectivity index (χ1v) is 6.77. The second-order valence-electron chi connectivity index (χ2n) is 5.03. The first kappa shape index (κ1) is 15.0. The highest BCUT2D eigenvalue weighted by molar-refractivity contribution is 5.81. The molecule has 0 saturated carbocycles. The Kier molecular flexibility index (Phi) is 5.59. The maximum Gasteiger partial charge on any atom is 0.311 e. The van der Waals surface area contributed by atoms with Gasteiger partial charge in [-0.25, -0.2) is 0 Å². The molecule has 0 aliphatic carbocycles. The summed E-state index contributed by atoms with van der Waals surface area (Å²) >= 11 is 0. The number of aliphatic carboxylic acids is 1. The van der Waals surface area contributed by atoms with Crippen LogP contribution in [-0.2, 0) is 9.59 Å². The van der Waals surface area contributed by atoms with E-state index in [0.717, 1.165) is 19.4 Å². The van der Waals surface area contributed by atoms with Crippen LogP contribution in [0.25, 0.3) is 0 Å². The quantitative estimate of drug-likeness (QED) is 0.698. The van der Waals surface area contributed by atoms with Crippen molar-refractivity contribution in [1.82, 2.24) is 10.2 Å². The maximum absolute atomic E-state index is 12.0. The van der Waals surface area contributed by atoms with E-state index < -0.39 is 11.4 Å². The number of carbonyl (C=O) groups is 2. The Labute approximate surface area is 109 Å². The molecule has 5 nitrogen and oxygen atoms in total. The van der Waals surface area contributed by atoms with Gasteiger partial charge in [-0.1, -0.05) is 13.8 Å². The van der Waals surface area contributed by atoms with E-state index in [2.05, 4.69) is 5.32 Å². The Morgan fingerprint density at radius 1 is 1.39 bits per heavy atom. The van der Waals surface area contributed by atoms with E-state index in [9.17, 15) is 14.7 Å². The molecule has 18 heavy (non-hydrogen) atoms. The van der Waals surface area contributed by atoms with Gasteiger partial charge in [-0.2, -0.15) is 0 Å². The average molecular weight is 256 g/mol. The summed E-state index contributed by atoms with van der Waals surface area (Å²) in [6, 6.07) is 0. The SMILES string of the molecule is CCCNCC(=O)N1CCCC(CC)(C(=O)O)C1. The van der Waals surface area contributed by atoms with Gasteiger partial charge in [0.1, 0.15) is 0 Å². The van der Waals surface area contributed by atoms with Gasteiger partial charge >= 0.3 is 5.97 Å². The lowest BCUT2D eigenvalue weighted by Crippen LogP contribution is -2.51. The molecule has 0 aromatic carbocycles. The van der Waals surface area contributed by atoms with Crippen molar-refractivity contribution in [3.63, 3.8) is 0 Å². The predicted molar refractivity (Wildman–Crippen MR) is 69.3 cm³/mol. The van der Waals surface area contributed by atoms with Gasteiger partial charge in [0.05, 0.1) is 12.0 Å². The van der Waals surface area contributed by atoms with Crippen LogP contribution in [0.4, 0.5) is 0 Å². The van der Waals surface area contributed by atoms with E-state index in [1.165, 1.54) is 0 Å². The lowest BCUT2D eigenvalue weighted by molar-refractivity contribution is -0.155. The third-order valence-corrected chi connectivity index (χ3v) is 3.76. The van der Waals surface area contributed by atoms with Gasteiger partial charge in [0, 0.05) is 13.1 Å². The third-order valence-electron chi connectivity index (χ3n) is 3.76. The smallest absolute Gasteiger partial charge is 0.311 e. The summed E-state index contributed by atoms with van der Waals surface area (Å²) in [5.74, 6) is -0.758. The predicted octanol–water partition coefficient (Wildman–Crippen LogP) is 1.09. The fraction of sp³-hybridized carbons (Fsp3) is 0.846. The largest absolute Gasteiger partial charge is 0.481 e. The normalized spacial score (nSPS) is 24.0. The molecule has 2 N–H and O–H groups in total. The highest BCUT2D eigenvalue weighted by Gasteiger charge is 2.41. The summed E-state index contributed by atoms with van der Waals surface area (Å²) in [5.41, 5.74) is -0.737. The van der Waals surface area contributed by atoms with Crippen LogP contribution in [0.5, 0.6) is 0 Å². The summed E-state index contributed by atoms with van der Waals surface area (Å²) in [6.07, 6.45) is 3.01. The fourth-order valence-electron chi connectivity index (χ4n) is 2.44. The van der Waals surface area contributed by atoms with Crippen LogP contribution in [-0.4, -0.2) is 48.1 Å². The molecule has 0 aromatic heterocycles. The van der Waals surface area contributed by atoms with E-state index in [1.807, 2.05) is 13.8 Å². The van der Waals surface area contributed by atoms with Gasteiger partial charge in [-0.05, 0) is 32.2 Å². The van der Waals surface area contributed by atoms with Gasteiger partial charge in [0.15, 0.2) is 0 Å². The highest BCUT2D eigenvalue weighted by Crippen LogP contribution is 2.33. The van der Waals surface area contributed by atoms with Crippen molar-refractivity contribution >= 4 is 11.9 Å². The van der Waals surface area contributed by atoms with Crippen molar-refractivity contribution in [1.29, 1.82) is 0 Å². The number of carboxylic acids is 1. The number of piperidine rings is 1. The maximum atomic E-state index is 12.0. The van der Waals surface area contributed by atoms with Gasteiger partial charge in [0.2, 0.25) is 5.91 Å². The Morgan fingerprint density at radius 2 is 2.11 bits per heavy atom. The minimum atomic E-state index is -0.774. The number of nitrogens with zero attached hydrogens (tertiary/aromatic N) is 1. The number of hydrogen-bond donors (Lipinski definition) is 2. The van der Waals surface area contributed by atoms with E-state index in [4.69, 9.17) is 0 Å². The third kappa shape index (κ3) is 3.45. The zero-order chi connectivity index (χ0) is 13.6. The molecule has 0 aromatic rings. The number of carboxylic acid groups (broad SMARTS) is 1. The van der Waals surface area contributed by atoms with Gasteiger partial charge < -0.3 is 15.3 Å². The number of rotatable bonds is 6. The zero-order valence-corrected chi connectivity index (χ0v) is 11.4. The standard InChI is InChI=1S/C13H24N2O3/c1-3-7-14-9-11(16)15-8-5-6-13(4-2,10-15)12(17)18/h14H,3-10H2,1-2H3,(H,17,18). The summed E-state index contributed by atoms with van der Waals surface area (Å²) < 4.78 is 0. The van der Waals surface area contributed by atoms with Crippen molar-refractivity contribution < 1.29 is 14.7 Å². The molecule has 5 heteroatoms. The first-order valence-electron chi connectivity index (χ1n) is 6.77. The van der Waals surface area contributed by atoms with E-state index >= 15 is 0 Å². The minimum absolute atomic E-state index is 0.0159. The van der Waals surface area contributed by atoms with Crippen LogP contribution < -0.4 is 5.32 Å². The summed E-state index contributed by atoms with van der Waals surface area (Å²) in [4.78, 5) is 25.1. The van der Waals surface area contributed by atoms with Crippen LogP contribution in [0, 0.1) is 5.41 Å². The molecular formula is C13H24N2O3. The van der Waals surface area contributed by atoms with Gasteiger partial charge in [0.25, 0.3) is 0 Å². The lowest BCUT2D eigenvalue weighted by atomic mass is 9.77. The minimum Gasteiger partial charge on any atom is -0.481 e. The second kappa shape index (κ2) is 6.73. The lowest BCUT2D eigenvalue weighted by Gasteiger charge is -2.39. The zero-order valence-electron chi connectivity index (χ0n) is 11.4. The van der Waals surface area contributed by atoms with E-state index in [0.29, 0.717) is 32.5 Å². The molecule has 1 saturated heterocycles. The summed E-state index contributed by atoms with van der Waals surface area (Å²) in [6.45, 7) is 6.10. The van der Waals surface area contributed by atoms with Crippen LogP contribution in [0.15, 0.2) is 0 Å². The molecule has 1 rings (SSSR count). The fourth-order valence-corrected chi connectivity index (χ4v) is 2.44. The number of hydrogen-bond acceptors (Lipinski definition) is 3. The first-order chi connectivity index (χ1) is 8.55. The van der Waals surface area contributed by atoms with Crippen molar-refractivity contribution in [2.45, 2.75) is 39.5 Å². The molecule has 0 spiro atoms. The summed E-state index contributed by atoms with van der Waals surface area (Å²) in [5, 5.41) is 12.4. The molecule has 104 valence electrons. The van der Waals surface area contributed by atoms with Gasteiger partial charge in [-0.3, -0.25) is 9.59 Å². The van der Waals surface area contributed by atoms with E-state index in [-0.39, 0.29) is 5.91 Å². The number of likely N-dealkylation sites (tertiary alicyclic amines) is 1. The molecule has 1 aliphatic rings. The molecule has 1 heterocycles. The second-order valence-corrected chi connectivity index (χ2v) is 5.03. The topological polar surface area (TPSA) is 69.6 Å². The monoisotopic (exact) mass is 256 g/mol. The van der Waals surface area contributed by atoms with Crippen molar-refractivity contribution in [2.75, 3.05) is 26.2 Å². The number of nitrogens with one attached hydrogen (secondary N) is 1. The van der Waals surface area contributed by atoms with Crippen LogP contribution in [0.2, 0.25) is 0 Å². The van der Waals surface area contributed by atoms with Crippen LogP contribution >= 0.6 is 0 Å². The van der Waals surface area contributed by atoms with Crippen LogP contribution in [0.1, 0.15) is 39.5 Å². The molecule has 1 aliphatic heterocycles. The summed E-state index contributed by atoms with van der Waals surface area (Å²) in [7, 11) is 0. The van der Waals surface area contributed by atoms with Crippen molar-refractivity contribution in [2.24, 2.45) is 5.41 Å². The molecule has 1 atom stereocenters. The van der Waals surface area contributed by atoms with Gasteiger partial charge in [-0.15, -0.1) is 0 Å². The molecular weight excluding hydrogens is 232 g/mol. The Bertz CT molecular complexity index is 307. The van der Waals surface area contributed by atoms with Crippen LogP contribution in [0.3, 0.4) is 0 Å². The number of amides is 1. The molecule has 1 amide bonds. The Hall–Kier alpha value is -1.10. The molecule has 0 bridgehead atoms. The van der Waals surface area contributed by atoms with E-state index in [1.54, 1.807) is 4.90 Å².